The third-order valence-electron chi connectivity index (χ3n) is 6.22. The van der Waals surface area contributed by atoms with Gasteiger partial charge in [0.1, 0.15) is 5.82 Å². The van der Waals surface area contributed by atoms with Gasteiger partial charge in [-0.25, -0.2) is 4.68 Å². The van der Waals surface area contributed by atoms with Gasteiger partial charge in [-0.05, 0) is 49.3 Å². The minimum absolute atomic E-state index is 0.134. The van der Waals surface area contributed by atoms with Crippen LogP contribution < -0.4 is 4.90 Å². The van der Waals surface area contributed by atoms with Gasteiger partial charge in [0.05, 0.1) is 24.7 Å². The number of carbonyl (C=O) groups is 1. The van der Waals surface area contributed by atoms with E-state index in [0.717, 1.165) is 43.2 Å². The Morgan fingerprint density at radius 2 is 1.85 bits per heavy atom. The van der Waals surface area contributed by atoms with Crippen molar-refractivity contribution in [2.45, 2.75) is 44.2 Å². The van der Waals surface area contributed by atoms with Crippen LogP contribution in [0.25, 0.3) is 0 Å². The molecule has 0 radical (unpaired) electrons. The van der Waals surface area contributed by atoms with Crippen molar-refractivity contribution in [2.75, 3.05) is 24.5 Å². The van der Waals surface area contributed by atoms with Crippen molar-refractivity contribution in [3.63, 3.8) is 0 Å². The molecule has 1 saturated carbocycles. The van der Waals surface area contributed by atoms with Gasteiger partial charge in [0.15, 0.2) is 0 Å². The number of fused-ring (bicyclic) bond motifs is 2. The molecule has 0 unspecified atom stereocenters. The zero-order chi connectivity index (χ0) is 17.6. The normalized spacial score (nSPS) is 22.6. The molecule has 1 spiro atoms. The Labute approximate surface area is 153 Å². The summed E-state index contributed by atoms with van der Waals surface area (Å²) in [6, 6.07) is 5.92. The average molecular weight is 351 g/mol. The molecule has 1 saturated heterocycles. The van der Waals surface area contributed by atoms with E-state index in [4.69, 9.17) is 0 Å². The van der Waals surface area contributed by atoms with Crippen molar-refractivity contribution in [3.05, 3.63) is 42.4 Å². The number of hydrogen-bond acceptors (Lipinski definition) is 4. The molecule has 3 aliphatic rings. The molecule has 1 amide bonds. The van der Waals surface area contributed by atoms with Gasteiger partial charge in [0.25, 0.3) is 0 Å². The number of piperidine rings is 1. The average Bonchev–Trinajstić information content (AvgIpc) is 3.33. The Kier molecular flexibility index (Phi) is 3.81. The van der Waals surface area contributed by atoms with E-state index >= 15 is 0 Å². The van der Waals surface area contributed by atoms with E-state index < -0.39 is 0 Å². The van der Waals surface area contributed by atoms with Crippen molar-refractivity contribution in [1.82, 2.24) is 19.7 Å². The molecule has 6 heteroatoms. The van der Waals surface area contributed by atoms with Gasteiger partial charge >= 0.3 is 0 Å². The minimum Gasteiger partial charge on any atom is -0.303 e. The number of likely N-dealkylation sites (tertiary alicyclic amines) is 1. The molecular weight excluding hydrogens is 326 g/mol. The van der Waals surface area contributed by atoms with Crippen LogP contribution in [-0.4, -0.2) is 45.2 Å². The second-order valence-corrected chi connectivity index (χ2v) is 8.08. The first kappa shape index (κ1) is 16.0. The van der Waals surface area contributed by atoms with E-state index in [0.29, 0.717) is 13.0 Å². The third-order valence-corrected chi connectivity index (χ3v) is 6.22. The number of aromatic nitrogens is 3. The second-order valence-electron chi connectivity index (χ2n) is 8.08. The van der Waals surface area contributed by atoms with Gasteiger partial charge in [0, 0.05) is 38.1 Å². The van der Waals surface area contributed by atoms with Gasteiger partial charge in [-0.1, -0.05) is 0 Å². The van der Waals surface area contributed by atoms with Crippen LogP contribution in [-0.2, 0) is 16.9 Å². The van der Waals surface area contributed by atoms with Crippen LogP contribution in [0.4, 0.5) is 5.82 Å². The summed E-state index contributed by atoms with van der Waals surface area (Å²) in [5, 5.41) is 4.65. The molecule has 2 aromatic rings. The quantitative estimate of drug-likeness (QED) is 0.849. The van der Waals surface area contributed by atoms with Crippen LogP contribution in [0.5, 0.6) is 0 Å². The Morgan fingerprint density at radius 1 is 1.08 bits per heavy atom. The van der Waals surface area contributed by atoms with Crippen molar-refractivity contribution in [2.24, 2.45) is 5.92 Å². The van der Waals surface area contributed by atoms with Crippen LogP contribution in [0.15, 0.2) is 36.8 Å². The summed E-state index contributed by atoms with van der Waals surface area (Å²) in [4.78, 5) is 21.6. The van der Waals surface area contributed by atoms with Gasteiger partial charge in [-0.15, -0.1) is 0 Å². The first-order valence-corrected chi connectivity index (χ1v) is 9.70. The highest BCUT2D eigenvalue weighted by Crippen LogP contribution is 2.42. The topological polar surface area (TPSA) is 54.3 Å². The molecule has 0 aromatic carbocycles. The predicted octanol–water partition coefficient (Wildman–Crippen LogP) is 2.42. The number of carbonyl (C=O) groups excluding carboxylic acids is 1. The van der Waals surface area contributed by atoms with Gasteiger partial charge in [-0.3, -0.25) is 14.7 Å². The maximum Gasteiger partial charge on any atom is 0.230 e. The fourth-order valence-corrected chi connectivity index (χ4v) is 4.49. The molecule has 2 aromatic heterocycles. The molecular formula is C20H25N5O. The molecule has 2 aliphatic heterocycles. The molecule has 0 atom stereocenters. The molecule has 0 bridgehead atoms. The number of rotatable bonds is 4. The van der Waals surface area contributed by atoms with Crippen molar-refractivity contribution in [3.8, 4) is 0 Å². The summed E-state index contributed by atoms with van der Waals surface area (Å²) in [5.41, 5.74) is 0.960. The van der Waals surface area contributed by atoms with Gasteiger partial charge < -0.3 is 4.90 Å². The van der Waals surface area contributed by atoms with Crippen LogP contribution in [0, 0.1) is 5.92 Å². The van der Waals surface area contributed by atoms with E-state index in [1.165, 1.54) is 19.4 Å². The maximum atomic E-state index is 13.1. The molecule has 1 aliphatic carbocycles. The lowest BCUT2D eigenvalue weighted by molar-refractivity contribution is -0.123. The lowest BCUT2D eigenvalue weighted by Crippen LogP contribution is -2.54. The zero-order valence-corrected chi connectivity index (χ0v) is 15.0. The monoisotopic (exact) mass is 351 g/mol. The lowest BCUT2D eigenvalue weighted by Gasteiger charge is -2.46. The molecule has 5 rings (SSSR count). The second kappa shape index (κ2) is 6.20. The summed E-state index contributed by atoms with van der Waals surface area (Å²) in [7, 11) is 0. The Hall–Kier alpha value is -2.21. The summed E-state index contributed by atoms with van der Waals surface area (Å²) in [6.45, 7) is 3.97. The standard InChI is InChI=1S/C20H25N5O/c26-19-13-20(6-11-23(12-7-20)14-16-1-2-16)25-18(5-10-22-25)24(19)15-17-3-8-21-9-4-17/h3-5,8-10,16H,1-2,6-7,11-15H2. The van der Waals surface area contributed by atoms with Crippen LogP contribution in [0.3, 0.4) is 0 Å². The van der Waals surface area contributed by atoms with Crippen LogP contribution in [0.1, 0.15) is 37.7 Å². The highest BCUT2D eigenvalue weighted by molar-refractivity contribution is 5.94. The Bertz CT molecular complexity index is 790. The molecule has 2 fully saturated rings. The van der Waals surface area contributed by atoms with Crippen molar-refractivity contribution in [1.29, 1.82) is 0 Å². The summed E-state index contributed by atoms with van der Waals surface area (Å²) in [5.74, 6) is 2.08. The summed E-state index contributed by atoms with van der Waals surface area (Å²) >= 11 is 0. The first-order chi connectivity index (χ1) is 12.7. The molecule has 6 nitrogen and oxygen atoms in total. The highest BCUT2D eigenvalue weighted by Gasteiger charge is 2.46. The summed E-state index contributed by atoms with van der Waals surface area (Å²) in [6.07, 6.45) is 10.8. The van der Waals surface area contributed by atoms with Gasteiger partial charge in [-0.2, -0.15) is 5.10 Å². The van der Waals surface area contributed by atoms with Crippen molar-refractivity contribution < 1.29 is 4.79 Å². The minimum atomic E-state index is -0.134. The molecule has 26 heavy (non-hydrogen) atoms. The van der Waals surface area contributed by atoms with Crippen LogP contribution in [0.2, 0.25) is 0 Å². The Balaban J connectivity index is 1.38. The smallest absolute Gasteiger partial charge is 0.230 e. The molecule has 4 heterocycles. The maximum absolute atomic E-state index is 13.1. The third kappa shape index (κ3) is 2.82. The number of hydrogen-bond donors (Lipinski definition) is 0. The largest absolute Gasteiger partial charge is 0.303 e. The predicted molar refractivity (Wildman–Crippen MR) is 98.6 cm³/mol. The van der Waals surface area contributed by atoms with E-state index in [2.05, 4.69) is 19.7 Å². The highest BCUT2D eigenvalue weighted by atomic mass is 16.2. The van der Waals surface area contributed by atoms with Gasteiger partial charge in [0.2, 0.25) is 5.91 Å². The molecule has 0 N–H and O–H groups in total. The molecule has 136 valence electrons. The number of anilines is 1. The van der Waals surface area contributed by atoms with E-state index in [1.807, 2.05) is 29.3 Å². The van der Waals surface area contributed by atoms with E-state index in [1.54, 1.807) is 12.4 Å². The number of pyridine rings is 1. The Morgan fingerprint density at radius 3 is 2.58 bits per heavy atom. The summed E-state index contributed by atoms with van der Waals surface area (Å²) < 4.78 is 2.14. The van der Waals surface area contributed by atoms with E-state index in [9.17, 15) is 4.79 Å². The first-order valence-electron chi connectivity index (χ1n) is 9.70. The number of amides is 1. The van der Waals surface area contributed by atoms with Crippen molar-refractivity contribution >= 4 is 11.7 Å². The number of nitrogens with zero attached hydrogens (tertiary/aromatic N) is 5. The zero-order valence-electron chi connectivity index (χ0n) is 15.0. The van der Waals surface area contributed by atoms with E-state index in [-0.39, 0.29) is 11.4 Å². The fraction of sp³-hybridized carbons (Fsp3) is 0.550. The fourth-order valence-electron chi connectivity index (χ4n) is 4.49. The lowest BCUT2D eigenvalue weighted by atomic mass is 9.82. The van der Waals surface area contributed by atoms with Crippen LogP contribution >= 0.6 is 0 Å². The SMILES string of the molecule is O=C1CC2(CCN(CC3CC3)CC2)n2nccc2N1Cc1ccncc1.